The van der Waals surface area contributed by atoms with Gasteiger partial charge in [0, 0.05) is 25.2 Å². The summed E-state index contributed by atoms with van der Waals surface area (Å²) in [6, 6.07) is 0. The molecular weight excluding hydrogens is 268 g/mol. The second-order valence-electron chi connectivity index (χ2n) is 6.19. The lowest BCUT2D eigenvalue weighted by molar-refractivity contribution is -0.00723. The number of hydrogen-bond donors (Lipinski definition) is 1. The Morgan fingerprint density at radius 2 is 2.00 bits per heavy atom. The number of nitrogens with one attached hydrogen (secondary N) is 1. The predicted octanol–water partition coefficient (Wildman–Crippen LogP) is -0.196. The average molecular weight is 292 g/mol. The molecule has 6 nitrogen and oxygen atoms in total. The van der Waals surface area contributed by atoms with Crippen LogP contribution in [0.5, 0.6) is 0 Å². The summed E-state index contributed by atoms with van der Waals surface area (Å²) in [5.41, 5.74) is 0.00627. The second-order valence-corrected chi connectivity index (χ2v) is 8.40. The summed E-state index contributed by atoms with van der Waals surface area (Å²) in [4.78, 5) is 0. The molecule has 0 radical (unpaired) electrons. The number of ether oxygens (including phenoxy) is 2. The summed E-state index contributed by atoms with van der Waals surface area (Å²) in [5, 5.41) is 2.99. The molecule has 0 unspecified atom stereocenters. The number of nitrogens with zero attached hydrogens (tertiary/aromatic N) is 1. The highest BCUT2D eigenvalue weighted by Crippen LogP contribution is 2.19. The van der Waals surface area contributed by atoms with Crippen LogP contribution < -0.4 is 5.32 Å². The van der Waals surface area contributed by atoms with Crippen LogP contribution in [0.4, 0.5) is 0 Å². The van der Waals surface area contributed by atoms with Gasteiger partial charge in [0.25, 0.3) is 0 Å². The van der Waals surface area contributed by atoms with Gasteiger partial charge in [-0.05, 0) is 20.8 Å². The molecule has 2 aliphatic rings. The van der Waals surface area contributed by atoms with Crippen LogP contribution in [0.15, 0.2) is 0 Å². The molecule has 2 aliphatic heterocycles. The Labute approximate surface area is 115 Å². The smallest absolute Gasteiger partial charge is 0.221 e. The normalized spacial score (nSPS) is 27.2. The number of sulfonamides is 1. The quantitative estimate of drug-likeness (QED) is 0.777. The molecule has 7 heteroatoms. The highest BCUT2D eigenvalue weighted by atomic mass is 32.2. The maximum atomic E-state index is 12.3. The van der Waals surface area contributed by atoms with E-state index >= 15 is 0 Å². The van der Waals surface area contributed by atoms with Gasteiger partial charge in [-0.3, -0.25) is 0 Å². The molecule has 112 valence electrons. The molecule has 0 aromatic heterocycles. The molecular formula is C12H24N2O4S. The fourth-order valence-electron chi connectivity index (χ4n) is 2.06. The average Bonchev–Trinajstić information content (AvgIpc) is 2.23. The van der Waals surface area contributed by atoms with Gasteiger partial charge in [-0.25, -0.2) is 8.42 Å². The van der Waals surface area contributed by atoms with Crippen molar-refractivity contribution in [3.63, 3.8) is 0 Å². The minimum Gasteiger partial charge on any atom is -0.378 e. The van der Waals surface area contributed by atoms with E-state index in [9.17, 15) is 8.42 Å². The summed E-state index contributed by atoms with van der Waals surface area (Å²) >= 11 is 0. The van der Waals surface area contributed by atoms with E-state index in [1.54, 1.807) is 4.31 Å². The fraction of sp³-hybridized carbons (Fsp3) is 1.00. The molecule has 1 N–H and O–H groups in total. The first kappa shape index (κ1) is 15.2. The third-order valence-electron chi connectivity index (χ3n) is 3.35. The van der Waals surface area contributed by atoms with Crippen molar-refractivity contribution in [2.75, 3.05) is 39.5 Å². The molecule has 0 aromatic rings. The Hall–Kier alpha value is -0.210. The Morgan fingerprint density at radius 3 is 2.53 bits per heavy atom. The van der Waals surface area contributed by atoms with Crippen LogP contribution in [-0.4, -0.2) is 69.1 Å². The van der Waals surface area contributed by atoms with E-state index in [-0.39, 0.29) is 16.9 Å². The number of rotatable bonds is 4. The Kier molecular flexibility index (Phi) is 4.52. The molecule has 0 bridgehead atoms. The van der Waals surface area contributed by atoms with Gasteiger partial charge < -0.3 is 14.8 Å². The first-order valence-corrected chi connectivity index (χ1v) is 8.23. The lowest BCUT2D eigenvalue weighted by Crippen LogP contribution is -2.56. The van der Waals surface area contributed by atoms with Gasteiger partial charge in [-0.2, -0.15) is 4.31 Å². The third kappa shape index (κ3) is 3.88. The molecule has 2 fully saturated rings. The molecule has 2 rings (SSSR count). The van der Waals surface area contributed by atoms with Crippen molar-refractivity contribution in [1.82, 2.24) is 9.62 Å². The lowest BCUT2D eigenvalue weighted by Gasteiger charge is -2.37. The third-order valence-corrected chi connectivity index (χ3v) is 5.52. The van der Waals surface area contributed by atoms with Crippen LogP contribution in [0.2, 0.25) is 0 Å². The van der Waals surface area contributed by atoms with Crippen LogP contribution in [0.25, 0.3) is 0 Å². The zero-order valence-corrected chi connectivity index (χ0v) is 12.7. The summed E-state index contributed by atoms with van der Waals surface area (Å²) in [6.07, 6.45) is -0.0799. The standard InChI is InChI=1S/C12H24N2O4S/c1-12(2,3)13-6-10-7-14(4-5-18-10)19(15,16)11-8-17-9-11/h10-11,13H,4-9H2,1-3H3/t10-/m0/s1. The van der Waals surface area contributed by atoms with Crippen molar-refractivity contribution in [3.05, 3.63) is 0 Å². The number of morpholine rings is 1. The van der Waals surface area contributed by atoms with Crippen LogP contribution >= 0.6 is 0 Å². The van der Waals surface area contributed by atoms with Crippen molar-refractivity contribution in [3.8, 4) is 0 Å². The van der Waals surface area contributed by atoms with Crippen molar-refractivity contribution in [2.45, 2.75) is 37.7 Å². The van der Waals surface area contributed by atoms with E-state index < -0.39 is 10.0 Å². The maximum Gasteiger partial charge on any atom is 0.221 e. The first-order chi connectivity index (χ1) is 8.79. The molecule has 1 atom stereocenters. The Morgan fingerprint density at radius 1 is 1.32 bits per heavy atom. The number of hydrogen-bond acceptors (Lipinski definition) is 5. The van der Waals surface area contributed by atoms with E-state index in [0.29, 0.717) is 39.5 Å². The van der Waals surface area contributed by atoms with Gasteiger partial charge in [0.1, 0.15) is 5.25 Å². The van der Waals surface area contributed by atoms with Gasteiger partial charge in [0.2, 0.25) is 10.0 Å². The van der Waals surface area contributed by atoms with Gasteiger partial charge in [-0.1, -0.05) is 0 Å². The minimum atomic E-state index is -3.21. The van der Waals surface area contributed by atoms with E-state index in [1.165, 1.54) is 0 Å². The molecule has 2 saturated heterocycles. The summed E-state index contributed by atoms with van der Waals surface area (Å²) in [6.45, 7) is 8.89. The summed E-state index contributed by atoms with van der Waals surface area (Å²) in [7, 11) is -3.21. The molecule has 0 aromatic carbocycles. The molecule has 0 spiro atoms. The van der Waals surface area contributed by atoms with Crippen molar-refractivity contribution in [2.24, 2.45) is 0 Å². The zero-order valence-electron chi connectivity index (χ0n) is 11.9. The fourth-order valence-corrected chi connectivity index (χ4v) is 3.72. The Balaban J connectivity index is 1.90. The predicted molar refractivity (Wildman–Crippen MR) is 72.6 cm³/mol. The van der Waals surface area contributed by atoms with Gasteiger partial charge in [-0.15, -0.1) is 0 Å². The van der Waals surface area contributed by atoms with Crippen LogP contribution in [-0.2, 0) is 19.5 Å². The van der Waals surface area contributed by atoms with E-state index in [4.69, 9.17) is 9.47 Å². The van der Waals surface area contributed by atoms with E-state index in [1.807, 2.05) is 0 Å². The van der Waals surface area contributed by atoms with Crippen molar-refractivity contribution < 1.29 is 17.9 Å². The molecule has 2 heterocycles. The maximum absolute atomic E-state index is 12.3. The first-order valence-electron chi connectivity index (χ1n) is 6.72. The van der Waals surface area contributed by atoms with Gasteiger partial charge >= 0.3 is 0 Å². The summed E-state index contributed by atoms with van der Waals surface area (Å²) < 4.78 is 36.7. The van der Waals surface area contributed by atoms with Gasteiger partial charge in [0.05, 0.1) is 25.9 Å². The largest absolute Gasteiger partial charge is 0.378 e. The second kappa shape index (κ2) is 5.65. The summed E-state index contributed by atoms with van der Waals surface area (Å²) in [5.74, 6) is 0. The highest BCUT2D eigenvalue weighted by Gasteiger charge is 2.39. The van der Waals surface area contributed by atoms with Crippen molar-refractivity contribution >= 4 is 10.0 Å². The topological polar surface area (TPSA) is 67.9 Å². The van der Waals surface area contributed by atoms with Gasteiger partial charge in [0.15, 0.2) is 0 Å². The van der Waals surface area contributed by atoms with Crippen LogP contribution in [0.3, 0.4) is 0 Å². The molecule has 0 saturated carbocycles. The monoisotopic (exact) mass is 292 g/mol. The SMILES string of the molecule is CC(C)(C)NC[C@H]1CN(S(=O)(=O)C2COC2)CCO1. The van der Waals surface area contributed by atoms with Crippen molar-refractivity contribution in [1.29, 1.82) is 0 Å². The Bertz CT molecular complexity index is 400. The lowest BCUT2D eigenvalue weighted by atomic mass is 10.1. The molecule has 19 heavy (non-hydrogen) atoms. The van der Waals surface area contributed by atoms with E-state index in [0.717, 1.165) is 0 Å². The van der Waals surface area contributed by atoms with Crippen LogP contribution in [0.1, 0.15) is 20.8 Å². The molecule has 0 amide bonds. The minimum absolute atomic E-state index is 0.00627. The molecule has 0 aliphatic carbocycles. The zero-order chi connectivity index (χ0) is 14.1. The van der Waals surface area contributed by atoms with Crippen LogP contribution in [0, 0.1) is 0 Å². The van der Waals surface area contributed by atoms with E-state index in [2.05, 4.69) is 26.1 Å². The highest BCUT2D eigenvalue weighted by molar-refractivity contribution is 7.89.